The van der Waals surface area contributed by atoms with Gasteiger partial charge in [0.1, 0.15) is 6.54 Å². The van der Waals surface area contributed by atoms with Crippen LogP contribution >= 0.6 is 0 Å². The summed E-state index contributed by atoms with van der Waals surface area (Å²) in [6.45, 7) is 3.07. The van der Waals surface area contributed by atoms with Gasteiger partial charge in [0.2, 0.25) is 5.91 Å². The number of hydrogen-bond donors (Lipinski definition) is 1. The van der Waals surface area contributed by atoms with Crippen LogP contribution in [0.1, 0.15) is 24.2 Å². The Morgan fingerprint density at radius 2 is 1.84 bits per heavy atom. The van der Waals surface area contributed by atoms with Crippen molar-refractivity contribution in [3.63, 3.8) is 0 Å². The lowest BCUT2D eigenvalue weighted by Gasteiger charge is -2.29. The third kappa shape index (κ3) is 3.15. The maximum absolute atomic E-state index is 12.9. The van der Waals surface area contributed by atoms with E-state index in [1.807, 2.05) is 0 Å². The maximum atomic E-state index is 12.9. The van der Waals surface area contributed by atoms with Crippen LogP contribution in [-0.4, -0.2) is 32.0 Å². The second kappa shape index (κ2) is 6.33. The van der Waals surface area contributed by atoms with Gasteiger partial charge in [-0.05, 0) is 44.2 Å². The van der Waals surface area contributed by atoms with Crippen molar-refractivity contribution in [3.8, 4) is 0 Å². The molecule has 6 nitrogen and oxygen atoms in total. The Bertz CT molecular complexity index is 951. The van der Waals surface area contributed by atoms with Crippen LogP contribution in [0.2, 0.25) is 0 Å². The lowest BCUT2D eigenvalue weighted by Crippen LogP contribution is -2.42. The largest absolute Gasteiger partial charge is 0.323 e. The van der Waals surface area contributed by atoms with Gasteiger partial charge < -0.3 is 5.32 Å². The van der Waals surface area contributed by atoms with E-state index in [0.717, 1.165) is 0 Å². The summed E-state index contributed by atoms with van der Waals surface area (Å²) >= 11 is 0. The molecule has 1 N–H and O–H groups in total. The summed E-state index contributed by atoms with van der Waals surface area (Å²) in [7, 11) is -3.48. The van der Waals surface area contributed by atoms with Gasteiger partial charge in [0.25, 0.3) is 5.91 Å². The van der Waals surface area contributed by atoms with E-state index in [4.69, 9.17) is 0 Å². The Morgan fingerprint density at radius 1 is 1.12 bits per heavy atom. The number of anilines is 2. The number of hydrogen-bond acceptors (Lipinski definition) is 4. The molecule has 7 heteroatoms. The van der Waals surface area contributed by atoms with E-state index in [-0.39, 0.29) is 22.9 Å². The Hall–Kier alpha value is -2.67. The molecule has 1 aliphatic heterocycles. The van der Waals surface area contributed by atoms with Gasteiger partial charge in [0, 0.05) is 5.56 Å². The fourth-order valence-electron chi connectivity index (χ4n) is 2.65. The minimum absolute atomic E-state index is 0.100. The first-order valence-electron chi connectivity index (χ1n) is 7.85. The normalized spacial score (nSPS) is 14.2. The van der Waals surface area contributed by atoms with Crippen molar-refractivity contribution in [2.24, 2.45) is 0 Å². The first kappa shape index (κ1) is 17.2. The molecule has 0 unspecified atom stereocenters. The molecule has 2 aromatic carbocycles. The number of para-hydroxylation sites is 2. The number of nitrogens with zero attached hydrogens (tertiary/aromatic N) is 1. The monoisotopic (exact) mass is 358 g/mol. The second-order valence-corrected chi connectivity index (χ2v) is 8.58. The average molecular weight is 358 g/mol. The summed E-state index contributed by atoms with van der Waals surface area (Å²) in [6.07, 6.45) is 0. The van der Waals surface area contributed by atoms with Crippen LogP contribution in [0.3, 0.4) is 0 Å². The third-order valence-corrected chi connectivity index (χ3v) is 6.20. The maximum Gasteiger partial charge on any atom is 0.258 e. The summed E-state index contributed by atoms with van der Waals surface area (Å²) in [5, 5.41) is 2.13. The number of amides is 2. The van der Waals surface area contributed by atoms with Gasteiger partial charge in [-0.1, -0.05) is 18.2 Å². The molecule has 0 saturated heterocycles. The lowest BCUT2D eigenvalue weighted by atomic mass is 10.1. The number of nitrogens with one attached hydrogen (secondary N) is 1. The van der Waals surface area contributed by atoms with E-state index in [2.05, 4.69) is 5.32 Å². The standard InChI is InChI=1S/C18H18N2O4S/c1-12(2)25(23,24)14-7-5-6-13(10-14)18(22)20-11-17(21)19-15-8-3-4-9-16(15)20/h3-10,12H,11H2,1-2H3,(H,19,21). The summed E-state index contributed by atoms with van der Waals surface area (Å²) in [5.41, 5.74) is 1.37. The zero-order valence-corrected chi connectivity index (χ0v) is 14.7. The molecule has 2 amide bonds. The molecule has 0 fully saturated rings. The van der Waals surface area contributed by atoms with Gasteiger partial charge in [0.05, 0.1) is 21.5 Å². The van der Waals surface area contributed by atoms with E-state index in [1.54, 1.807) is 50.2 Å². The highest BCUT2D eigenvalue weighted by Gasteiger charge is 2.28. The van der Waals surface area contributed by atoms with Crippen molar-refractivity contribution >= 4 is 33.0 Å². The van der Waals surface area contributed by atoms with E-state index in [0.29, 0.717) is 11.4 Å². The van der Waals surface area contributed by atoms with Gasteiger partial charge in [-0.3, -0.25) is 14.5 Å². The topological polar surface area (TPSA) is 83.6 Å². The Balaban J connectivity index is 2.01. The van der Waals surface area contributed by atoms with Crippen LogP contribution in [0.25, 0.3) is 0 Å². The average Bonchev–Trinajstić information content (AvgIpc) is 2.60. The zero-order valence-electron chi connectivity index (χ0n) is 13.9. The summed E-state index contributed by atoms with van der Waals surface area (Å²) in [5.74, 6) is -0.707. The van der Waals surface area contributed by atoms with Crippen LogP contribution in [-0.2, 0) is 14.6 Å². The molecule has 0 aromatic heterocycles. The number of rotatable bonds is 3. The number of carbonyl (C=O) groups excluding carboxylic acids is 2. The van der Waals surface area contributed by atoms with Crippen LogP contribution in [0, 0.1) is 0 Å². The molecular weight excluding hydrogens is 340 g/mol. The molecule has 0 radical (unpaired) electrons. The molecule has 1 aliphatic rings. The van der Waals surface area contributed by atoms with Crippen molar-refractivity contribution in [2.75, 3.05) is 16.8 Å². The van der Waals surface area contributed by atoms with Crippen molar-refractivity contribution in [1.82, 2.24) is 0 Å². The van der Waals surface area contributed by atoms with Gasteiger partial charge in [-0.2, -0.15) is 0 Å². The number of fused-ring (bicyclic) bond motifs is 1. The molecule has 0 spiro atoms. The second-order valence-electron chi connectivity index (χ2n) is 6.08. The van der Waals surface area contributed by atoms with E-state index in [9.17, 15) is 18.0 Å². The number of carbonyl (C=O) groups is 2. The predicted octanol–water partition coefficient (Wildman–Crippen LogP) is 2.47. The first-order chi connectivity index (χ1) is 11.8. The fraction of sp³-hybridized carbons (Fsp3) is 0.222. The summed E-state index contributed by atoms with van der Waals surface area (Å²) < 4.78 is 24.7. The van der Waals surface area contributed by atoms with E-state index < -0.39 is 21.0 Å². The molecule has 1 heterocycles. The highest BCUT2D eigenvalue weighted by atomic mass is 32.2. The molecule has 0 atom stereocenters. The molecule has 0 aliphatic carbocycles. The summed E-state index contributed by atoms with van der Waals surface area (Å²) in [6, 6.07) is 12.9. The SMILES string of the molecule is CC(C)S(=O)(=O)c1cccc(C(=O)N2CC(=O)Nc3ccccc32)c1. The highest BCUT2D eigenvalue weighted by molar-refractivity contribution is 7.92. The third-order valence-electron chi connectivity index (χ3n) is 4.05. The van der Waals surface area contributed by atoms with Crippen molar-refractivity contribution in [2.45, 2.75) is 24.0 Å². The highest BCUT2D eigenvalue weighted by Crippen LogP contribution is 2.30. The molecule has 130 valence electrons. The van der Waals surface area contributed by atoms with E-state index in [1.165, 1.54) is 17.0 Å². The van der Waals surface area contributed by atoms with Gasteiger partial charge in [0.15, 0.2) is 9.84 Å². The van der Waals surface area contributed by atoms with Crippen LogP contribution in [0.15, 0.2) is 53.4 Å². The van der Waals surface area contributed by atoms with Crippen molar-refractivity contribution in [3.05, 3.63) is 54.1 Å². The molecule has 25 heavy (non-hydrogen) atoms. The molecular formula is C18H18N2O4S. The zero-order chi connectivity index (χ0) is 18.2. The Kier molecular flexibility index (Phi) is 4.34. The Morgan fingerprint density at radius 3 is 2.56 bits per heavy atom. The Labute approximate surface area is 146 Å². The number of sulfone groups is 1. The molecule has 2 aromatic rings. The van der Waals surface area contributed by atoms with Gasteiger partial charge in [-0.15, -0.1) is 0 Å². The predicted molar refractivity (Wildman–Crippen MR) is 95.5 cm³/mol. The molecule has 0 bridgehead atoms. The smallest absolute Gasteiger partial charge is 0.258 e. The molecule has 3 rings (SSSR count). The summed E-state index contributed by atoms with van der Waals surface area (Å²) in [4.78, 5) is 26.3. The van der Waals surface area contributed by atoms with Gasteiger partial charge in [-0.25, -0.2) is 8.42 Å². The van der Waals surface area contributed by atoms with Crippen LogP contribution < -0.4 is 10.2 Å². The van der Waals surface area contributed by atoms with Crippen LogP contribution in [0.4, 0.5) is 11.4 Å². The molecule has 0 saturated carbocycles. The fourth-order valence-corrected chi connectivity index (χ4v) is 3.75. The number of benzene rings is 2. The van der Waals surface area contributed by atoms with Crippen molar-refractivity contribution < 1.29 is 18.0 Å². The lowest BCUT2D eigenvalue weighted by molar-refractivity contribution is -0.115. The minimum atomic E-state index is -3.48. The quantitative estimate of drug-likeness (QED) is 0.914. The van der Waals surface area contributed by atoms with Crippen LogP contribution in [0.5, 0.6) is 0 Å². The minimum Gasteiger partial charge on any atom is -0.323 e. The van der Waals surface area contributed by atoms with E-state index >= 15 is 0 Å². The van der Waals surface area contributed by atoms with Gasteiger partial charge >= 0.3 is 0 Å². The first-order valence-corrected chi connectivity index (χ1v) is 9.40. The van der Waals surface area contributed by atoms with Crippen molar-refractivity contribution in [1.29, 1.82) is 0 Å².